The molecule has 0 saturated heterocycles. The zero-order chi connectivity index (χ0) is 20.7. The minimum atomic E-state index is 0.0637. The molecule has 0 atom stereocenters. The molecule has 168 valence electrons. The fourth-order valence-electron chi connectivity index (χ4n) is 5.30. The highest BCUT2D eigenvalue weighted by molar-refractivity contribution is 5.72. The smallest absolute Gasteiger partial charge is 0.308 e. The number of carbonyl (C=O) groups is 1. The first-order valence-electron chi connectivity index (χ1n) is 13.1. The first-order chi connectivity index (χ1) is 14.2. The van der Waals surface area contributed by atoms with E-state index in [4.69, 9.17) is 4.74 Å². The van der Waals surface area contributed by atoms with E-state index in [-0.39, 0.29) is 11.9 Å². The second kappa shape index (κ2) is 15.1. The lowest BCUT2D eigenvalue weighted by Gasteiger charge is -2.28. The van der Waals surface area contributed by atoms with E-state index in [1.165, 1.54) is 70.6 Å². The van der Waals surface area contributed by atoms with Crippen molar-refractivity contribution in [2.45, 2.75) is 123 Å². The van der Waals surface area contributed by atoms with E-state index in [0.717, 1.165) is 50.4 Å². The van der Waals surface area contributed by atoms with Crippen LogP contribution < -0.4 is 0 Å². The zero-order valence-electron chi connectivity index (χ0n) is 19.5. The molecule has 2 saturated carbocycles. The van der Waals surface area contributed by atoms with Crippen molar-refractivity contribution in [2.24, 2.45) is 23.7 Å². The molecule has 2 aliphatic rings. The number of carbonyl (C=O) groups excluding carboxylic acids is 1. The van der Waals surface area contributed by atoms with E-state index >= 15 is 0 Å². The van der Waals surface area contributed by atoms with Gasteiger partial charge in [0, 0.05) is 0 Å². The quantitative estimate of drug-likeness (QED) is 0.175. The van der Waals surface area contributed by atoms with Gasteiger partial charge in [0.15, 0.2) is 0 Å². The summed E-state index contributed by atoms with van der Waals surface area (Å²) < 4.78 is 5.46. The van der Waals surface area contributed by atoms with Gasteiger partial charge in [0.2, 0.25) is 0 Å². The monoisotopic (exact) mass is 404 g/mol. The maximum absolute atomic E-state index is 12.2. The molecule has 0 bridgehead atoms. The van der Waals surface area contributed by atoms with Gasteiger partial charge in [-0.1, -0.05) is 90.2 Å². The lowest BCUT2D eigenvalue weighted by molar-refractivity contribution is -0.150. The third-order valence-corrected chi connectivity index (χ3v) is 7.43. The first-order valence-corrected chi connectivity index (χ1v) is 13.1. The highest BCUT2D eigenvalue weighted by Gasteiger charge is 2.26. The van der Waals surface area contributed by atoms with Crippen LogP contribution in [0.1, 0.15) is 123 Å². The number of ether oxygens (including phenoxy) is 1. The minimum absolute atomic E-state index is 0.0637. The molecule has 0 aromatic heterocycles. The van der Waals surface area contributed by atoms with Gasteiger partial charge >= 0.3 is 5.97 Å². The van der Waals surface area contributed by atoms with Crippen LogP contribution in [0, 0.1) is 23.7 Å². The van der Waals surface area contributed by atoms with Crippen LogP contribution in [0.5, 0.6) is 0 Å². The lowest BCUT2D eigenvalue weighted by atomic mass is 9.78. The van der Waals surface area contributed by atoms with Crippen LogP contribution in [0.4, 0.5) is 0 Å². The van der Waals surface area contributed by atoms with E-state index < -0.39 is 0 Å². The third kappa shape index (κ3) is 10.2. The number of allylic oxidation sites excluding steroid dienone is 2. The largest absolute Gasteiger partial charge is 0.465 e. The first kappa shape index (κ1) is 24.5. The number of esters is 1. The van der Waals surface area contributed by atoms with Crippen molar-refractivity contribution in [3.63, 3.8) is 0 Å². The summed E-state index contributed by atoms with van der Waals surface area (Å²) in [5.41, 5.74) is 0. The van der Waals surface area contributed by atoms with Gasteiger partial charge in [-0.3, -0.25) is 4.79 Å². The summed E-state index contributed by atoms with van der Waals surface area (Å²) in [5, 5.41) is 0. The Labute approximate surface area is 181 Å². The Hall–Kier alpha value is -0.790. The Morgan fingerprint density at radius 3 is 2.07 bits per heavy atom. The normalized spacial score (nSPS) is 27.9. The summed E-state index contributed by atoms with van der Waals surface area (Å²) in [6, 6.07) is 0. The molecule has 0 aromatic carbocycles. The second-order valence-electron chi connectivity index (χ2n) is 9.87. The van der Waals surface area contributed by atoms with Crippen LogP contribution in [0.3, 0.4) is 0 Å². The SMILES string of the molecule is CCCCCOC(=O)C1CCC(/C=C/CCC2CCC(CCCCC)CC2)CC1. The number of rotatable bonds is 13. The molecule has 2 aliphatic carbocycles. The van der Waals surface area contributed by atoms with E-state index in [1.54, 1.807) is 0 Å². The van der Waals surface area contributed by atoms with Gasteiger partial charge in [-0.15, -0.1) is 0 Å². The topological polar surface area (TPSA) is 26.3 Å². The average molecular weight is 405 g/mol. The Bertz CT molecular complexity index is 439. The molecule has 2 rings (SSSR count). The molecule has 2 heteroatoms. The van der Waals surface area contributed by atoms with Crippen LogP contribution >= 0.6 is 0 Å². The molecular formula is C27H48O2. The van der Waals surface area contributed by atoms with Gasteiger partial charge < -0.3 is 4.74 Å². The molecule has 0 aliphatic heterocycles. The van der Waals surface area contributed by atoms with E-state index in [2.05, 4.69) is 26.0 Å². The summed E-state index contributed by atoms with van der Waals surface area (Å²) in [6.45, 7) is 5.10. The molecule has 0 amide bonds. The predicted octanol–water partition coefficient (Wildman–Crippen LogP) is 8.25. The van der Waals surface area contributed by atoms with Crippen molar-refractivity contribution in [3.8, 4) is 0 Å². The Morgan fingerprint density at radius 1 is 0.793 bits per heavy atom. The van der Waals surface area contributed by atoms with E-state index in [0.29, 0.717) is 12.5 Å². The average Bonchev–Trinajstić information content (AvgIpc) is 2.76. The molecule has 0 N–H and O–H groups in total. The van der Waals surface area contributed by atoms with Crippen molar-refractivity contribution in [3.05, 3.63) is 12.2 Å². The molecule has 29 heavy (non-hydrogen) atoms. The Balaban J connectivity index is 1.51. The summed E-state index contributed by atoms with van der Waals surface area (Å²) >= 11 is 0. The molecular weight excluding hydrogens is 356 g/mol. The molecule has 0 aromatic rings. The maximum Gasteiger partial charge on any atom is 0.308 e. The van der Waals surface area contributed by atoms with Gasteiger partial charge in [0.1, 0.15) is 0 Å². The van der Waals surface area contributed by atoms with Crippen molar-refractivity contribution in [2.75, 3.05) is 6.61 Å². The van der Waals surface area contributed by atoms with Gasteiger partial charge in [-0.25, -0.2) is 0 Å². The highest BCUT2D eigenvalue weighted by atomic mass is 16.5. The van der Waals surface area contributed by atoms with Crippen LogP contribution in [-0.4, -0.2) is 12.6 Å². The van der Waals surface area contributed by atoms with Crippen molar-refractivity contribution >= 4 is 5.97 Å². The lowest BCUT2D eigenvalue weighted by Crippen LogP contribution is -2.23. The van der Waals surface area contributed by atoms with Crippen LogP contribution in [0.25, 0.3) is 0 Å². The molecule has 0 unspecified atom stereocenters. The summed E-state index contributed by atoms with van der Waals surface area (Å²) in [6.07, 6.45) is 26.9. The molecule has 2 nitrogen and oxygen atoms in total. The minimum Gasteiger partial charge on any atom is -0.465 e. The molecule has 2 fully saturated rings. The highest BCUT2D eigenvalue weighted by Crippen LogP contribution is 2.35. The zero-order valence-corrected chi connectivity index (χ0v) is 19.5. The fourth-order valence-corrected chi connectivity index (χ4v) is 5.30. The van der Waals surface area contributed by atoms with Crippen molar-refractivity contribution in [1.29, 1.82) is 0 Å². The van der Waals surface area contributed by atoms with Gasteiger partial charge in [0.05, 0.1) is 12.5 Å². The number of hydrogen-bond donors (Lipinski definition) is 0. The van der Waals surface area contributed by atoms with Crippen molar-refractivity contribution < 1.29 is 9.53 Å². The third-order valence-electron chi connectivity index (χ3n) is 7.43. The second-order valence-corrected chi connectivity index (χ2v) is 9.87. The Kier molecular flexibility index (Phi) is 12.7. The summed E-state index contributed by atoms with van der Waals surface area (Å²) in [5.74, 6) is 2.92. The van der Waals surface area contributed by atoms with Crippen LogP contribution in [0.15, 0.2) is 12.2 Å². The van der Waals surface area contributed by atoms with Crippen LogP contribution in [0.2, 0.25) is 0 Å². The van der Waals surface area contributed by atoms with Gasteiger partial charge in [-0.2, -0.15) is 0 Å². The molecule has 0 spiro atoms. The van der Waals surface area contributed by atoms with E-state index in [1.807, 2.05) is 0 Å². The summed E-state index contributed by atoms with van der Waals surface area (Å²) in [7, 11) is 0. The molecule has 0 heterocycles. The number of hydrogen-bond acceptors (Lipinski definition) is 2. The maximum atomic E-state index is 12.2. The van der Waals surface area contributed by atoms with Crippen molar-refractivity contribution in [1.82, 2.24) is 0 Å². The van der Waals surface area contributed by atoms with Gasteiger partial charge in [-0.05, 0) is 62.7 Å². The standard InChI is InChI=1S/C27H48O2/c1-3-5-7-11-23-14-16-24(17-15-23)12-8-9-13-25-18-20-26(21-19-25)27(28)29-22-10-6-4-2/h9,13,23-26H,3-8,10-12,14-22H2,1-2H3/b13-9+. The fraction of sp³-hybridized carbons (Fsp3) is 0.889. The van der Waals surface area contributed by atoms with Gasteiger partial charge in [0.25, 0.3) is 0 Å². The Morgan fingerprint density at radius 2 is 1.41 bits per heavy atom. The predicted molar refractivity (Wildman–Crippen MR) is 124 cm³/mol. The van der Waals surface area contributed by atoms with Crippen LogP contribution in [-0.2, 0) is 9.53 Å². The number of unbranched alkanes of at least 4 members (excludes halogenated alkanes) is 4. The summed E-state index contributed by atoms with van der Waals surface area (Å²) in [4.78, 5) is 12.2. The molecule has 0 radical (unpaired) electrons. The van der Waals surface area contributed by atoms with E-state index in [9.17, 15) is 4.79 Å².